The van der Waals surface area contributed by atoms with Crippen molar-refractivity contribution in [2.75, 3.05) is 0 Å². The van der Waals surface area contributed by atoms with E-state index in [1.165, 1.54) is 59.7 Å². The molecule has 0 N–H and O–H groups in total. The van der Waals surface area contributed by atoms with Gasteiger partial charge in [0.15, 0.2) is 0 Å². The second-order valence-corrected chi connectivity index (χ2v) is 14.1. The molecule has 0 spiro atoms. The molecule has 214 valence electrons. The van der Waals surface area contributed by atoms with Crippen LogP contribution in [0.1, 0.15) is 22.7 Å². The third kappa shape index (κ3) is 4.48. The summed E-state index contributed by atoms with van der Waals surface area (Å²) < 4.78 is 6.65. The van der Waals surface area contributed by atoms with Gasteiger partial charge in [-0.1, -0.05) is 146 Å². The molecule has 0 aromatic heterocycles. The van der Waals surface area contributed by atoms with Gasteiger partial charge in [0, 0.05) is 12.0 Å². The normalized spacial score (nSPS) is 16.9. The minimum absolute atomic E-state index is 0.0586. The van der Waals surface area contributed by atoms with Crippen molar-refractivity contribution in [3.8, 4) is 11.1 Å². The van der Waals surface area contributed by atoms with Crippen molar-refractivity contribution in [2.24, 2.45) is 4.99 Å². The zero-order chi connectivity index (χ0) is 29.7. The lowest BCUT2D eigenvalue weighted by Gasteiger charge is -2.25. The zero-order valence-electron chi connectivity index (χ0n) is 24.7. The molecule has 45 heavy (non-hydrogen) atoms. The summed E-state index contributed by atoms with van der Waals surface area (Å²) in [5, 5.41) is 8.95. The molecule has 7 aromatic rings. The van der Waals surface area contributed by atoms with Gasteiger partial charge in [-0.25, -0.2) is 4.99 Å². The topological polar surface area (TPSA) is 21.6 Å². The van der Waals surface area contributed by atoms with E-state index in [1.54, 1.807) is 0 Å². The predicted octanol–water partition coefficient (Wildman–Crippen LogP) is 8.86. The number of nitrogens with zero attached hydrogens (tertiary/aromatic N) is 1. The molecule has 0 saturated heterocycles. The Labute approximate surface area is 264 Å². The van der Waals surface area contributed by atoms with Crippen LogP contribution in [-0.4, -0.2) is 12.0 Å². The summed E-state index contributed by atoms with van der Waals surface area (Å²) in [6.45, 7) is 0. The zero-order valence-corrected chi connectivity index (χ0v) is 25.6. The fourth-order valence-electron chi connectivity index (χ4n) is 7.19. The van der Waals surface area contributed by atoms with Crippen LogP contribution < -0.4 is 15.9 Å². The number of hydrogen-bond donors (Lipinski definition) is 0. The quantitative estimate of drug-likeness (QED) is 0.182. The summed E-state index contributed by atoms with van der Waals surface area (Å²) in [5.74, 6) is 0.752. The van der Waals surface area contributed by atoms with E-state index >= 15 is 0 Å². The number of fused-ring (bicyclic) bond motifs is 5. The first-order valence-corrected chi connectivity index (χ1v) is 16.9. The van der Waals surface area contributed by atoms with E-state index in [0.717, 1.165) is 17.9 Å². The molecule has 2 aliphatic rings. The molecule has 0 saturated carbocycles. The predicted molar refractivity (Wildman–Crippen MR) is 190 cm³/mol. The minimum Gasteiger partial charge on any atom is -0.471 e. The highest BCUT2D eigenvalue weighted by atomic mass is 31.1. The summed E-state index contributed by atoms with van der Waals surface area (Å²) in [4.78, 5) is 5.22. The second-order valence-electron chi connectivity index (χ2n) is 11.9. The van der Waals surface area contributed by atoms with Crippen molar-refractivity contribution >= 4 is 51.3 Å². The van der Waals surface area contributed by atoms with Gasteiger partial charge in [-0.2, -0.15) is 0 Å². The highest BCUT2D eigenvalue weighted by Crippen LogP contribution is 2.44. The number of aliphatic imine (C=N–C) groups is 1. The van der Waals surface area contributed by atoms with Gasteiger partial charge in [-0.05, 0) is 79.8 Å². The summed E-state index contributed by atoms with van der Waals surface area (Å²) in [6, 6.07) is 57.5. The van der Waals surface area contributed by atoms with Crippen LogP contribution in [0.3, 0.4) is 0 Å². The largest absolute Gasteiger partial charge is 0.471 e. The van der Waals surface area contributed by atoms with E-state index in [-0.39, 0.29) is 12.1 Å². The molecule has 0 unspecified atom stereocenters. The Morgan fingerprint density at radius 2 is 1.22 bits per heavy atom. The van der Waals surface area contributed by atoms with Crippen molar-refractivity contribution in [1.29, 1.82) is 0 Å². The fraction of sp³-hybridized carbons (Fsp3) is 0.0714. The minimum atomic E-state index is -0.837. The summed E-state index contributed by atoms with van der Waals surface area (Å²) in [7, 11) is -0.837. The summed E-state index contributed by atoms with van der Waals surface area (Å²) in [6.07, 6.45) is 0.963. The summed E-state index contributed by atoms with van der Waals surface area (Å²) in [5.41, 5.74) is 6.20. The van der Waals surface area contributed by atoms with Crippen LogP contribution in [0.15, 0.2) is 163 Å². The Morgan fingerprint density at radius 1 is 0.578 bits per heavy atom. The third-order valence-electron chi connectivity index (χ3n) is 9.22. The van der Waals surface area contributed by atoms with E-state index in [4.69, 9.17) is 9.73 Å². The van der Waals surface area contributed by atoms with Crippen LogP contribution >= 0.6 is 7.92 Å². The first kappa shape index (κ1) is 26.4. The van der Waals surface area contributed by atoms with Crippen LogP contribution in [0.4, 0.5) is 0 Å². The number of rotatable bonds is 5. The standard InChI is InChI=1S/C42H30NOP/c1-3-16-32(17-4-1)45(33-18-5-2-6-19-33)39-24-23-28-13-7-11-21-35(28)40(39)37-26-31(25-29-14-8-10-20-34(29)37)42-43-41-36-22-12-9-15-30(36)27-38(41)44-42/h1-26,38,41H,27H2/t38-,41+/m1/s1. The lowest BCUT2D eigenvalue weighted by atomic mass is 9.92. The molecule has 1 aliphatic carbocycles. The Balaban J connectivity index is 1.31. The van der Waals surface area contributed by atoms with Crippen molar-refractivity contribution in [2.45, 2.75) is 18.6 Å². The Kier molecular flexibility index (Phi) is 6.35. The highest BCUT2D eigenvalue weighted by Gasteiger charge is 2.39. The SMILES string of the molecule is c1ccc(P(c2ccccc2)c2ccc3ccccc3c2-c2cc(C3=N[C@H]4c5ccccc5C[C@H]4O3)cc3ccccc23)cc1. The van der Waals surface area contributed by atoms with Crippen LogP contribution in [0.25, 0.3) is 32.7 Å². The monoisotopic (exact) mass is 595 g/mol. The van der Waals surface area contributed by atoms with Crippen LogP contribution in [0.2, 0.25) is 0 Å². The first-order valence-electron chi connectivity index (χ1n) is 15.6. The van der Waals surface area contributed by atoms with Crippen LogP contribution in [0, 0.1) is 0 Å². The molecular weight excluding hydrogens is 565 g/mol. The van der Waals surface area contributed by atoms with Crippen molar-refractivity contribution in [1.82, 2.24) is 0 Å². The molecule has 2 nitrogen and oxygen atoms in total. The molecule has 0 bridgehead atoms. The smallest absolute Gasteiger partial charge is 0.217 e. The van der Waals surface area contributed by atoms with Gasteiger partial charge in [-0.3, -0.25) is 0 Å². The van der Waals surface area contributed by atoms with Gasteiger partial charge in [-0.15, -0.1) is 0 Å². The average Bonchev–Trinajstić information content (AvgIpc) is 3.68. The van der Waals surface area contributed by atoms with Gasteiger partial charge in [0.05, 0.1) is 0 Å². The molecule has 7 aromatic carbocycles. The van der Waals surface area contributed by atoms with Crippen LogP contribution in [-0.2, 0) is 11.2 Å². The maximum Gasteiger partial charge on any atom is 0.217 e. The third-order valence-corrected chi connectivity index (χ3v) is 11.7. The van der Waals surface area contributed by atoms with Crippen molar-refractivity contribution in [3.63, 3.8) is 0 Å². The molecule has 0 fully saturated rings. The average molecular weight is 596 g/mol. The molecule has 1 heterocycles. The van der Waals surface area contributed by atoms with Crippen molar-refractivity contribution in [3.05, 3.63) is 174 Å². The second kappa shape index (κ2) is 10.8. The molecule has 1 aliphatic heterocycles. The number of hydrogen-bond acceptors (Lipinski definition) is 2. The number of ether oxygens (including phenoxy) is 1. The van der Waals surface area contributed by atoms with E-state index in [0.29, 0.717) is 0 Å². The van der Waals surface area contributed by atoms with Gasteiger partial charge in [0.2, 0.25) is 5.90 Å². The Bertz CT molecular complexity index is 2200. The molecular formula is C42H30NOP. The molecule has 2 atom stereocenters. The van der Waals surface area contributed by atoms with Gasteiger partial charge >= 0.3 is 0 Å². The van der Waals surface area contributed by atoms with E-state index in [1.807, 2.05) is 0 Å². The molecule has 9 rings (SSSR count). The van der Waals surface area contributed by atoms with Crippen LogP contribution in [0.5, 0.6) is 0 Å². The summed E-state index contributed by atoms with van der Waals surface area (Å²) >= 11 is 0. The first-order chi connectivity index (χ1) is 22.3. The van der Waals surface area contributed by atoms with Crippen molar-refractivity contribution < 1.29 is 4.74 Å². The molecule has 0 amide bonds. The lowest BCUT2D eigenvalue weighted by Crippen LogP contribution is -2.22. The Morgan fingerprint density at radius 3 is 2.00 bits per heavy atom. The van der Waals surface area contributed by atoms with Gasteiger partial charge in [0.1, 0.15) is 12.1 Å². The maximum absolute atomic E-state index is 6.65. The maximum atomic E-state index is 6.65. The lowest BCUT2D eigenvalue weighted by molar-refractivity contribution is 0.206. The highest BCUT2D eigenvalue weighted by molar-refractivity contribution is 7.80. The van der Waals surface area contributed by atoms with E-state index in [2.05, 4.69) is 158 Å². The van der Waals surface area contributed by atoms with Gasteiger partial charge < -0.3 is 4.74 Å². The van der Waals surface area contributed by atoms with E-state index < -0.39 is 7.92 Å². The van der Waals surface area contributed by atoms with Gasteiger partial charge in [0.25, 0.3) is 0 Å². The fourth-order valence-corrected chi connectivity index (χ4v) is 9.67. The number of benzene rings is 7. The molecule has 3 heteroatoms. The van der Waals surface area contributed by atoms with E-state index in [9.17, 15) is 0 Å². The Hall–Kier alpha value is -5.04. The molecule has 0 radical (unpaired) electrons.